The van der Waals surface area contributed by atoms with Gasteiger partial charge in [-0.15, -0.1) is 0 Å². The summed E-state index contributed by atoms with van der Waals surface area (Å²) in [6, 6.07) is 5.58. The molecule has 1 unspecified atom stereocenters. The molecule has 28 heavy (non-hydrogen) atoms. The largest absolute Gasteiger partial charge is 0.371 e. The van der Waals surface area contributed by atoms with E-state index >= 15 is 0 Å². The Labute approximate surface area is 163 Å². The van der Waals surface area contributed by atoms with Gasteiger partial charge >= 0.3 is 0 Å². The number of pyridine rings is 1. The van der Waals surface area contributed by atoms with Crippen LogP contribution in [0.1, 0.15) is 34.6 Å². The minimum absolute atomic E-state index is 0.0177. The molecule has 4 heterocycles. The van der Waals surface area contributed by atoms with Crippen LogP contribution in [0.4, 0.5) is 0 Å². The summed E-state index contributed by atoms with van der Waals surface area (Å²) in [5.74, 6) is 0.199. The Bertz CT molecular complexity index is 873. The molecule has 1 atom stereocenters. The van der Waals surface area contributed by atoms with E-state index in [4.69, 9.17) is 4.74 Å². The monoisotopic (exact) mass is 383 g/mol. The van der Waals surface area contributed by atoms with E-state index in [2.05, 4.69) is 15.4 Å². The lowest BCUT2D eigenvalue weighted by atomic mass is 9.85. The molecule has 2 aliphatic heterocycles. The van der Waals surface area contributed by atoms with Crippen LogP contribution >= 0.6 is 0 Å². The maximum absolute atomic E-state index is 12.6. The predicted octanol–water partition coefficient (Wildman–Crippen LogP) is 1.06. The van der Waals surface area contributed by atoms with Crippen LogP contribution in [-0.2, 0) is 23.1 Å². The standard InChI is InChI=1S/C20H25N5O3/c1-14-7-17(24(2)23-14)19(27)25-12-20(13-25)9-16(11-28-20)8-18(26)22-10-15-3-5-21-6-4-15/h3-7,16H,8-13H2,1-2H3,(H,22,26). The van der Waals surface area contributed by atoms with Crippen molar-refractivity contribution < 1.29 is 14.3 Å². The second-order valence-corrected chi connectivity index (χ2v) is 7.86. The molecule has 0 bridgehead atoms. The van der Waals surface area contributed by atoms with Crippen LogP contribution in [-0.4, -0.2) is 56.8 Å². The Morgan fingerprint density at radius 1 is 1.32 bits per heavy atom. The zero-order chi connectivity index (χ0) is 19.7. The van der Waals surface area contributed by atoms with Crippen LogP contribution in [0.25, 0.3) is 0 Å². The molecule has 0 radical (unpaired) electrons. The van der Waals surface area contributed by atoms with Gasteiger partial charge in [0.05, 0.1) is 25.4 Å². The maximum Gasteiger partial charge on any atom is 0.272 e. The molecular weight excluding hydrogens is 358 g/mol. The topological polar surface area (TPSA) is 89.4 Å². The molecule has 2 aliphatic rings. The number of carbonyl (C=O) groups is 2. The Morgan fingerprint density at radius 3 is 2.75 bits per heavy atom. The molecule has 0 aliphatic carbocycles. The Morgan fingerprint density at radius 2 is 2.07 bits per heavy atom. The summed E-state index contributed by atoms with van der Waals surface area (Å²) < 4.78 is 7.62. The molecule has 2 aromatic rings. The van der Waals surface area contributed by atoms with Crippen LogP contribution in [0, 0.1) is 12.8 Å². The van der Waals surface area contributed by atoms with Gasteiger partial charge in [-0.05, 0) is 43.0 Å². The Balaban J connectivity index is 1.24. The van der Waals surface area contributed by atoms with Crippen molar-refractivity contribution in [3.05, 3.63) is 47.5 Å². The van der Waals surface area contributed by atoms with Crippen molar-refractivity contribution in [2.45, 2.75) is 31.9 Å². The zero-order valence-electron chi connectivity index (χ0n) is 16.2. The molecule has 1 spiro atoms. The number of hydrogen-bond donors (Lipinski definition) is 1. The molecule has 0 aromatic carbocycles. The summed E-state index contributed by atoms with van der Waals surface area (Å²) >= 11 is 0. The van der Waals surface area contributed by atoms with Gasteiger partial charge in [-0.2, -0.15) is 5.10 Å². The van der Waals surface area contributed by atoms with Crippen molar-refractivity contribution >= 4 is 11.8 Å². The highest BCUT2D eigenvalue weighted by molar-refractivity contribution is 5.93. The minimum atomic E-state index is -0.292. The van der Waals surface area contributed by atoms with Crippen molar-refractivity contribution in [1.29, 1.82) is 0 Å². The van der Waals surface area contributed by atoms with Crippen molar-refractivity contribution in [2.24, 2.45) is 13.0 Å². The third-order valence-electron chi connectivity index (χ3n) is 5.47. The normalized spacial score (nSPS) is 20.2. The first-order valence-corrected chi connectivity index (χ1v) is 9.54. The smallest absolute Gasteiger partial charge is 0.272 e. The summed E-state index contributed by atoms with van der Waals surface area (Å²) in [6.07, 6.45) is 4.69. The SMILES string of the molecule is Cc1cc(C(=O)N2CC3(CC(CC(=O)NCc4ccncc4)CO3)C2)n(C)n1. The number of hydrogen-bond acceptors (Lipinski definition) is 5. The predicted molar refractivity (Wildman–Crippen MR) is 101 cm³/mol. The lowest BCUT2D eigenvalue weighted by molar-refractivity contribution is -0.122. The molecule has 0 saturated carbocycles. The molecule has 4 rings (SSSR count). The average Bonchev–Trinajstić information content (AvgIpc) is 3.22. The fraction of sp³-hybridized carbons (Fsp3) is 0.500. The number of nitrogens with zero attached hydrogens (tertiary/aromatic N) is 4. The van der Waals surface area contributed by atoms with Gasteiger partial charge in [0, 0.05) is 32.4 Å². The number of carbonyl (C=O) groups excluding carboxylic acids is 2. The summed E-state index contributed by atoms with van der Waals surface area (Å²) in [6.45, 7) is 4.09. The van der Waals surface area contributed by atoms with Crippen molar-refractivity contribution in [1.82, 2.24) is 25.0 Å². The van der Waals surface area contributed by atoms with Crippen LogP contribution in [0.2, 0.25) is 0 Å². The van der Waals surface area contributed by atoms with Gasteiger partial charge in [0.25, 0.3) is 5.91 Å². The van der Waals surface area contributed by atoms with Crippen molar-refractivity contribution in [2.75, 3.05) is 19.7 Å². The second-order valence-electron chi connectivity index (χ2n) is 7.86. The lowest BCUT2D eigenvalue weighted by Crippen LogP contribution is -2.63. The van der Waals surface area contributed by atoms with Crippen LogP contribution in [0.3, 0.4) is 0 Å². The quantitative estimate of drug-likeness (QED) is 0.834. The van der Waals surface area contributed by atoms with Crippen LogP contribution in [0.15, 0.2) is 30.6 Å². The van der Waals surface area contributed by atoms with Crippen molar-refractivity contribution in [3.8, 4) is 0 Å². The maximum atomic E-state index is 12.6. The molecule has 2 saturated heterocycles. The van der Waals surface area contributed by atoms with Gasteiger partial charge in [0.2, 0.25) is 5.91 Å². The van der Waals surface area contributed by atoms with E-state index in [0.29, 0.717) is 38.4 Å². The lowest BCUT2D eigenvalue weighted by Gasteiger charge is -2.47. The van der Waals surface area contributed by atoms with Gasteiger partial charge < -0.3 is 15.0 Å². The van der Waals surface area contributed by atoms with Gasteiger partial charge in [0.1, 0.15) is 11.3 Å². The van der Waals surface area contributed by atoms with Crippen molar-refractivity contribution in [3.63, 3.8) is 0 Å². The number of amides is 2. The summed E-state index contributed by atoms with van der Waals surface area (Å²) in [5, 5.41) is 7.19. The van der Waals surface area contributed by atoms with Gasteiger partial charge in [-0.25, -0.2) is 0 Å². The number of rotatable bonds is 5. The molecule has 1 N–H and O–H groups in total. The number of aromatic nitrogens is 3. The van der Waals surface area contributed by atoms with E-state index in [0.717, 1.165) is 17.7 Å². The van der Waals surface area contributed by atoms with E-state index in [9.17, 15) is 9.59 Å². The highest BCUT2D eigenvalue weighted by Crippen LogP contribution is 2.39. The zero-order valence-corrected chi connectivity index (χ0v) is 16.2. The molecule has 2 aromatic heterocycles. The number of likely N-dealkylation sites (tertiary alicyclic amines) is 1. The molecule has 2 amide bonds. The number of ether oxygens (including phenoxy) is 1. The molecular formula is C20H25N5O3. The fourth-order valence-corrected chi connectivity index (χ4v) is 4.09. The minimum Gasteiger partial charge on any atom is -0.371 e. The number of aryl methyl sites for hydroxylation is 2. The fourth-order valence-electron chi connectivity index (χ4n) is 4.09. The third kappa shape index (κ3) is 3.77. The van der Waals surface area contributed by atoms with E-state index < -0.39 is 0 Å². The van der Waals surface area contributed by atoms with E-state index in [-0.39, 0.29) is 23.3 Å². The Kier molecular flexibility index (Phi) is 4.89. The first-order chi connectivity index (χ1) is 13.4. The first kappa shape index (κ1) is 18.6. The summed E-state index contributed by atoms with van der Waals surface area (Å²) in [4.78, 5) is 30.6. The first-order valence-electron chi connectivity index (χ1n) is 9.54. The second kappa shape index (κ2) is 7.35. The highest BCUT2D eigenvalue weighted by atomic mass is 16.5. The molecule has 8 nitrogen and oxygen atoms in total. The van der Waals surface area contributed by atoms with E-state index in [1.54, 1.807) is 35.1 Å². The van der Waals surface area contributed by atoms with Gasteiger partial charge in [-0.3, -0.25) is 19.3 Å². The van der Waals surface area contributed by atoms with E-state index in [1.165, 1.54) is 0 Å². The summed E-state index contributed by atoms with van der Waals surface area (Å²) in [5.41, 5.74) is 2.16. The molecule has 8 heteroatoms. The van der Waals surface area contributed by atoms with Crippen LogP contribution in [0.5, 0.6) is 0 Å². The summed E-state index contributed by atoms with van der Waals surface area (Å²) in [7, 11) is 1.78. The Hall–Kier alpha value is -2.74. The van der Waals surface area contributed by atoms with Gasteiger partial charge in [-0.1, -0.05) is 0 Å². The van der Waals surface area contributed by atoms with Gasteiger partial charge in [0.15, 0.2) is 0 Å². The van der Waals surface area contributed by atoms with Crippen LogP contribution < -0.4 is 5.32 Å². The molecule has 2 fully saturated rings. The number of nitrogens with one attached hydrogen (secondary N) is 1. The van der Waals surface area contributed by atoms with E-state index in [1.807, 2.05) is 19.1 Å². The third-order valence-corrected chi connectivity index (χ3v) is 5.47. The highest BCUT2D eigenvalue weighted by Gasteiger charge is 2.51. The molecule has 148 valence electrons. The average molecular weight is 383 g/mol.